The van der Waals surface area contributed by atoms with Crippen LogP contribution in [0.5, 0.6) is 5.75 Å². The Morgan fingerprint density at radius 1 is 1.19 bits per heavy atom. The number of ether oxygens (including phenoxy) is 1. The maximum Gasteiger partial charge on any atom is 0.390 e. The molecule has 27 heavy (non-hydrogen) atoms. The van der Waals surface area contributed by atoms with E-state index in [2.05, 4.69) is 5.32 Å². The lowest BCUT2D eigenvalue weighted by molar-refractivity contribution is -0.138. The summed E-state index contributed by atoms with van der Waals surface area (Å²) in [6, 6.07) is 11.0. The van der Waals surface area contributed by atoms with E-state index in [0.29, 0.717) is 22.6 Å². The zero-order valence-electron chi connectivity index (χ0n) is 14.9. The Hall–Kier alpha value is -2.74. The molecule has 0 aliphatic carbocycles. The lowest BCUT2D eigenvalue weighted by atomic mass is 10.1. The molecule has 0 aliphatic heterocycles. The molecule has 0 aliphatic rings. The molecule has 1 aromatic heterocycles. The predicted octanol–water partition coefficient (Wildman–Crippen LogP) is 4.42. The fraction of sp³-hybridized carbons (Fsp3) is 0.316. The van der Waals surface area contributed by atoms with E-state index in [0.717, 1.165) is 10.8 Å². The average Bonchev–Trinajstić information content (AvgIpc) is 2.96. The topological polar surface area (TPSA) is 54.7 Å². The molecule has 3 aromatic rings. The second kappa shape index (κ2) is 7.48. The SMILES string of the molecule is COc1cc2c(cc1NC(=O)CN(C)CCC(F)(F)F)oc1ccccc12. The molecular weight excluding hydrogens is 361 g/mol. The number of hydrogen-bond donors (Lipinski definition) is 1. The number of nitrogens with zero attached hydrogens (tertiary/aromatic N) is 1. The molecule has 0 atom stereocenters. The molecule has 0 bridgehead atoms. The molecule has 0 spiro atoms. The summed E-state index contributed by atoms with van der Waals surface area (Å²) in [5.41, 5.74) is 1.70. The van der Waals surface area contributed by atoms with Gasteiger partial charge in [-0.1, -0.05) is 18.2 Å². The summed E-state index contributed by atoms with van der Waals surface area (Å²) in [7, 11) is 2.94. The summed E-state index contributed by atoms with van der Waals surface area (Å²) < 4.78 is 48.0. The van der Waals surface area contributed by atoms with Crippen molar-refractivity contribution >= 4 is 33.5 Å². The third-order valence-electron chi connectivity index (χ3n) is 4.16. The zero-order chi connectivity index (χ0) is 19.6. The average molecular weight is 380 g/mol. The first-order valence-corrected chi connectivity index (χ1v) is 8.31. The van der Waals surface area contributed by atoms with Crippen molar-refractivity contribution in [1.82, 2.24) is 4.90 Å². The van der Waals surface area contributed by atoms with Crippen molar-refractivity contribution in [3.05, 3.63) is 36.4 Å². The van der Waals surface area contributed by atoms with Gasteiger partial charge in [0.15, 0.2) is 0 Å². The molecule has 8 heteroatoms. The van der Waals surface area contributed by atoms with E-state index in [1.165, 1.54) is 19.1 Å². The maximum atomic E-state index is 12.3. The van der Waals surface area contributed by atoms with Crippen LogP contribution in [-0.2, 0) is 4.79 Å². The molecule has 0 saturated carbocycles. The lowest BCUT2D eigenvalue weighted by Gasteiger charge is -2.17. The van der Waals surface area contributed by atoms with Crippen LogP contribution < -0.4 is 10.1 Å². The molecule has 1 N–H and O–H groups in total. The Labute approximate surface area is 153 Å². The number of alkyl halides is 3. The standard InChI is InChI=1S/C19H19F3N2O3/c1-24(8-7-19(20,21)22)11-18(25)23-14-10-16-13(9-17(14)26-2)12-5-3-4-6-15(12)27-16/h3-6,9-10H,7-8,11H2,1-2H3,(H,23,25). The number of benzene rings is 2. The number of amides is 1. The Kier molecular flexibility index (Phi) is 5.27. The predicted molar refractivity (Wildman–Crippen MR) is 97.1 cm³/mol. The molecule has 2 aromatic carbocycles. The number of furan rings is 1. The summed E-state index contributed by atoms with van der Waals surface area (Å²) in [6.45, 7) is -0.423. The number of methoxy groups -OCH3 is 1. The monoisotopic (exact) mass is 380 g/mol. The normalized spacial score (nSPS) is 12.1. The van der Waals surface area contributed by atoms with E-state index in [-0.39, 0.29) is 13.1 Å². The van der Waals surface area contributed by atoms with E-state index < -0.39 is 18.5 Å². The first-order valence-electron chi connectivity index (χ1n) is 8.31. The first kappa shape index (κ1) is 19.0. The number of para-hydroxylation sites is 1. The van der Waals surface area contributed by atoms with Gasteiger partial charge in [-0.05, 0) is 19.2 Å². The molecule has 0 saturated heterocycles. The summed E-state index contributed by atoms with van der Waals surface area (Å²) >= 11 is 0. The van der Waals surface area contributed by atoms with Crippen molar-refractivity contribution in [2.75, 3.05) is 32.6 Å². The van der Waals surface area contributed by atoms with Gasteiger partial charge in [-0.3, -0.25) is 9.69 Å². The Bertz CT molecular complexity index is 966. The summed E-state index contributed by atoms with van der Waals surface area (Å²) in [5.74, 6) is 0.00813. The Morgan fingerprint density at radius 2 is 1.93 bits per heavy atom. The fourth-order valence-electron chi connectivity index (χ4n) is 2.85. The van der Waals surface area contributed by atoms with Gasteiger partial charge in [-0.2, -0.15) is 13.2 Å². The highest BCUT2D eigenvalue weighted by Crippen LogP contribution is 2.36. The lowest BCUT2D eigenvalue weighted by Crippen LogP contribution is -2.32. The quantitative estimate of drug-likeness (QED) is 0.688. The van der Waals surface area contributed by atoms with Gasteiger partial charge in [-0.15, -0.1) is 0 Å². The molecule has 0 radical (unpaired) electrons. The maximum absolute atomic E-state index is 12.3. The van der Waals surface area contributed by atoms with Gasteiger partial charge in [-0.25, -0.2) is 0 Å². The van der Waals surface area contributed by atoms with Crippen molar-refractivity contribution in [3.8, 4) is 5.75 Å². The highest BCUT2D eigenvalue weighted by atomic mass is 19.4. The second-order valence-corrected chi connectivity index (χ2v) is 6.30. The molecular formula is C19H19F3N2O3. The number of fused-ring (bicyclic) bond motifs is 3. The second-order valence-electron chi connectivity index (χ2n) is 6.30. The van der Waals surface area contributed by atoms with Gasteiger partial charge in [0.2, 0.25) is 5.91 Å². The number of anilines is 1. The third-order valence-corrected chi connectivity index (χ3v) is 4.16. The Morgan fingerprint density at radius 3 is 2.63 bits per heavy atom. The minimum absolute atomic E-state index is 0.169. The van der Waals surface area contributed by atoms with Crippen LogP contribution in [0.15, 0.2) is 40.8 Å². The van der Waals surface area contributed by atoms with Crippen molar-refractivity contribution in [2.45, 2.75) is 12.6 Å². The van der Waals surface area contributed by atoms with Crippen molar-refractivity contribution in [1.29, 1.82) is 0 Å². The number of likely N-dealkylation sites (N-methyl/N-ethyl adjacent to an activating group) is 1. The Balaban J connectivity index is 1.77. The van der Waals surface area contributed by atoms with E-state index in [4.69, 9.17) is 9.15 Å². The number of carbonyl (C=O) groups excluding carboxylic acids is 1. The highest BCUT2D eigenvalue weighted by Gasteiger charge is 2.27. The van der Waals surface area contributed by atoms with E-state index >= 15 is 0 Å². The summed E-state index contributed by atoms with van der Waals surface area (Å²) in [5, 5.41) is 4.46. The van der Waals surface area contributed by atoms with Crippen LogP contribution in [-0.4, -0.2) is 44.2 Å². The zero-order valence-corrected chi connectivity index (χ0v) is 14.9. The molecule has 3 rings (SSSR count). The van der Waals surface area contributed by atoms with E-state index in [1.807, 2.05) is 24.3 Å². The minimum Gasteiger partial charge on any atom is -0.495 e. The van der Waals surface area contributed by atoms with Crippen LogP contribution in [0.3, 0.4) is 0 Å². The number of halogens is 3. The van der Waals surface area contributed by atoms with E-state index in [9.17, 15) is 18.0 Å². The highest BCUT2D eigenvalue weighted by molar-refractivity contribution is 6.07. The first-order chi connectivity index (χ1) is 12.8. The van der Waals surface area contributed by atoms with Crippen LogP contribution in [0.4, 0.5) is 18.9 Å². The largest absolute Gasteiger partial charge is 0.495 e. The van der Waals surface area contributed by atoms with Crippen LogP contribution >= 0.6 is 0 Å². The molecule has 1 amide bonds. The molecule has 5 nitrogen and oxygen atoms in total. The van der Waals surface area contributed by atoms with Crippen molar-refractivity contribution < 1.29 is 27.1 Å². The molecule has 0 fully saturated rings. The van der Waals surface area contributed by atoms with Crippen LogP contribution in [0.25, 0.3) is 21.9 Å². The summed E-state index contributed by atoms with van der Waals surface area (Å²) in [4.78, 5) is 13.5. The number of carbonyl (C=O) groups is 1. The van der Waals surface area contributed by atoms with Crippen LogP contribution in [0.1, 0.15) is 6.42 Å². The molecule has 0 unspecified atom stereocenters. The van der Waals surface area contributed by atoms with Gasteiger partial charge < -0.3 is 14.5 Å². The van der Waals surface area contributed by atoms with Gasteiger partial charge >= 0.3 is 6.18 Å². The molecule has 1 heterocycles. The van der Waals surface area contributed by atoms with Gasteiger partial charge in [0.1, 0.15) is 16.9 Å². The van der Waals surface area contributed by atoms with Gasteiger partial charge in [0.05, 0.1) is 25.8 Å². The van der Waals surface area contributed by atoms with Crippen molar-refractivity contribution in [3.63, 3.8) is 0 Å². The molecule has 144 valence electrons. The fourth-order valence-corrected chi connectivity index (χ4v) is 2.85. The van der Waals surface area contributed by atoms with Gasteiger partial charge in [0.25, 0.3) is 0 Å². The van der Waals surface area contributed by atoms with Gasteiger partial charge in [0, 0.05) is 23.4 Å². The van der Waals surface area contributed by atoms with E-state index in [1.54, 1.807) is 12.1 Å². The number of rotatable bonds is 6. The minimum atomic E-state index is -4.25. The number of hydrogen-bond acceptors (Lipinski definition) is 4. The summed E-state index contributed by atoms with van der Waals surface area (Å²) in [6.07, 6.45) is -5.22. The smallest absolute Gasteiger partial charge is 0.390 e. The number of nitrogens with one attached hydrogen (secondary N) is 1. The van der Waals surface area contributed by atoms with Crippen molar-refractivity contribution in [2.24, 2.45) is 0 Å². The van der Waals surface area contributed by atoms with Crippen LogP contribution in [0, 0.1) is 0 Å². The van der Waals surface area contributed by atoms with Crippen LogP contribution in [0.2, 0.25) is 0 Å². The third kappa shape index (κ3) is 4.51.